The van der Waals surface area contributed by atoms with Crippen molar-refractivity contribution in [1.82, 2.24) is 0 Å². The van der Waals surface area contributed by atoms with E-state index in [1.165, 1.54) is 0 Å². The van der Waals surface area contributed by atoms with Crippen molar-refractivity contribution in [3.05, 3.63) is 54.6 Å². The Morgan fingerprint density at radius 3 is 2.31 bits per heavy atom. The van der Waals surface area contributed by atoms with E-state index in [-0.39, 0.29) is 0 Å². The zero-order valence-electron chi connectivity index (χ0n) is 8.58. The zero-order chi connectivity index (χ0) is 11.2. The number of hydrogen-bond acceptors (Lipinski definition) is 3. The minimum atomic E-state index is 0.605. The Hall–Kier alpha value is -2.36. The predicted molar refractivity (Wildman–Crippen MR) is 61.7 cm³/mol. The third kappa shape index (κ3) is 2.36. The fraction of sp³-hybridized carbons (Fsp3) is 0. The highest BCUT2D eigenvalue weighted by molar-refractivity contribution is 5.52. The first-order valence-electron chi connectivity index (χ1n) is 4.83. The van der Waals surface area contributed by atoms with Gasteiger partial charge in [-0.3, -0.25) is 0 Å². The molecule has 0 aliphatic carbocycles. The third-order valence-corrected chi connectivity index (χ3v) is 2.00. The van der Waals surface area contributed by atoms with Gasteiger partial charge in [-0.05, 0) is 24.3 Å². The molecule has 4 nitrogen and oxygen atoms in total. The van der Waals surface area contributed by atoms with Gasteiger partial charge in [0.25, 0.3) is 0 Å². The molecule has 80 valence electrons. The topological polar surface area (TPSA) is 60.0 Å². The molecule has 0 amide bonds. The Bertz CT molecular complexity index is 483. The van der Waals surface area contributed by atoms with Crippen LogP contribution in [0.2, 0.25) is 0 Å². The molecule has 0 bridgehead atoms. The number of hydrogen-bond donors (Lipinski definition) is 1. The first kappa shape index (κ1) is 10.2. The van der Waals surface area contributed by atoms with E-state index in [9.17, 15) is 0 Å². The lowest BCUT2D eigenvalue weighted by Crippen LogP contribution is -1.84. The summed E-state index contributed by atoms with van der Waals surface area (Å²) in [5, 5.41) is 7.03. The number of rotatable bonds is 3. The average Bonchev–Trinajstić information content (AvgIpc) is 2.33. The Morgan fingerprint density at radius 1 is 0.875 bits per heavy atom. The van der Waals surface area contributed by atoms with E-state index >= 15 is 0 Å². The first-order chi connectivity index (χ1) is 7.90. The van der Waals surface area contributed by atoms with Crippen LogP contribution in [0.5, 0.6) is 11.5 Å². The molecule has 0 atom stereocenters. The van der Waals surface area contributed by atoms with Crippen LogP contribution in [0.25, 0.3) is 0 Å². The monoisotopic (exact) mass is 213 g/mol. The Labute approximate surface area is 93.4 Å². The summed E-state index contributed by atoms with van der Waals surface area (Å²) in [5.74, 6) is 6.41. The van der Waals surface area contributed by atoms with Crippen LogP contribution in [-0.2, 0) is 0 Å². The standard InChI is InChI=1S/C12H11N3O/c13-15-14-11-8-4-5-9-12(11)16-10-6-2-1-3-7-10/h1-9H,(H2,13,14). The van der Waals surface area contributed by atoms with Crippen molar-refractivity contribution < 1.29 is 4.74 Å². The summed E-state index contributed by atoms with van der Waals surface area (Å²) in [6.07, 6.45) is 0. The van der Waals surface area contributed by atoms with Crippen molar-refractivity contribution in [2.24, 2.45) is 16.2 Å². The van der Waals surface area contributed by atoms with E-state index in [4.69, 9.17) is 10.6 Å². The van der Waals surface area contributed by atoms with Gasteiger partial charge in [-0.15, -0.1) is 5.11 Å². The second-order valence-electron chi connectivity index (χ2n) is 3.10. The van der Waals surface area contributed by atoms with E-state index < -0.39 is 0 Å². The van der Waals surface area contributed by atoms with Gasteiger partial charge in [-0.2, -0.15) is 0 Å². The molecule has 0 radical (unpaired) electrons. The van der Waals surface area contributed by atoms with Crippen LogP contribution in [0.3, 0.4) is 0 Å². The maximum Gasteiger partial charge on any atom is 0.154 e. The zero-order valence-corrected chi connectivity index (χ0v) is 8.58. The molecule has 0 spiro atoms. The largest absolute Gasteiger partial charge is 0.455 e. The SMILES string of the molecule is NN=Nc1ccccc1Oc1ccccc1. The van der Waals surface area contributed by atoms with Crippen LogP contribution < -0.4 is 10.6 Å². The lowest BCUT2D eigenvalue weighted by Gasteiger charge is -2.06. The minimum Gasteiger partial charge on any atom is -0.455 e. The first-order valence-corrected chi connectivity index (χ1v) is 4.83. The Balaban J connectivity index is 2.28. The van der Waals surface area contributed by atoms with Gasteiger partial charge in [0.15, 0.2) is 5.75 Å². The Kier molecular flexibility index (Phi) is 3.13. The van der Waals surface area contributed by atoms with Crippen molar-refractivity contribution in [3.8, 4) is 11.5 Å². The van der Waals surface area contributed by atoms with Crippen LogP contribution in [0.1, 0.15) is 0 Å². The van der Waals surface area contributed by atoms with Crippen molar-refractivity contribution in [2.45, 2.75) is 0 Å². The van der Waals surface area contributed by atoms with E-state index in [1.54, 1.807) is 6.07 Å². The van der Waals surface area contributed by atoms with Crippen LogP contribution >= 0.6 is 0 Å². The average molecular weight is 213 g/mol. The Morgan fingerprint density at radius 2 is 1.56 bits per heavy atom. The molecule has 16 heavy (non-hydrogen) atoms. The van der Waals surface area contributed by atoms with Gasteiger partial charge < -0.3 is 10.6 Å². The summed E-state index contributed by atoms with van der Waals surface area (Å²) in [6, 6.07) is 16.8. The summed E-state index contributed by atoms with van der Waals surface area (Å²) < 4.78 is 5.65. The third-order valence-electron chi connectivity index (χ3n) is 2.00. The van der Waals surface area contributed by atoms with Gasteiger partial charge in [-0.25, -0.2) is 0 Å². The summed E-state index contributed by atoms with van der Waals surface area (Å²) in [6.45, 7) is 0. The molecule has 0 aliphatic heterocycles. The molecule has 0 heterocycles. The highest BCUT2D eigenvalue weighted by atomic mass is 16.5. The van der Waals surface area contributed by atoms with Gasteiger partial charge in [0, 0.05) is 0 Å². The normalized spacial score (nSPS) is 10.5. The summed E-state index contributed by atoms with van der Waals surface area (Å²) in [5.41, 5.74) is 0.605. The fourth-order valence-electron chi connectivity index (χ4n) is 1.30. The number of nitrogens with zero attached hydrogens (tertiary/aromatic N) is 2. The molecule has 2 aromatic carbocycles. The molecule has 0 aromatic heterocycles. The summed E-state index contributed by atoms with van der Waals surface area (Å²) in [7, 11) is 0. The molecule has 2 N–H and O–H groups in total. The molecular weight excluding hydrogens is 202 g/mol. The van der Waals surface area contributed by atoms with E-state index in [2.05, 4.69) is 10.3 Å². The van der Waals surface area contributed by atoms with Crippen LogP contribution in [-0.4, -0.2) is 0 Å². The van der Waals surface area contributed by atoms with Gasteiger partial charge >= 0.3 is 0 Å². The molecule has 0 unspecified atom stereocenters. The van der Waals surface area contributed by atoms with Crippen molar-refractivity contribution in [1.29, 1.82) is 0 Å². The lowest BCUT2D eigenvalue weighted by molar-refractivity contribution is 0.483. The summed E-state index contributed by atoms with van der Waals surface area (Å²) >= 11 is 0. The van der Waals surface area contributed by atoms with Gasteiger partial charge in [0.1, 0.15) is 11.4 Å². The maximum absolute atomic E-state index is 5.65. The van der Waals surface area contributed by atoms with Crippen LogP contribution in [0.15, 0.2) is 64.9 Å². The summed E-state index contributed by atoms with van der Waals surface area (Å²) in [4.78, 5) is 0. The highest BCUT2D eigenvalue weighted by Crippen LogP contribution is 2.31. The van der Waals surface area contributed by atoms with Crippen molar-refractivity contribution in [3.63, 3.8) is 0 Å². The number of ether oxygens (including phenoxy) is 1. The molecule has 0 saturated heterocycles. The number of nitrogens with two attached hydrogens (primary N) is 1. The quantitative estimate of drug-likeness (QED) is 0.482. The van der Waals surface area contributed by atoms with Crippen molar-refractivity contribution >= 4 is 5.69 Å². The highest BCUT2D eigenvalue weighted by Gasteiger charge is 2.02. The van der Waals surface area contributed by atoms with Crippen LogP contribution in [0.4, 0.5) is 5.69 Å². The van der Waals surface area contributed by atoms with E-state index in [1.807, 2.05) is 48.5 Å². The fourth-order valence-corrected chi connectivity index (χ4v) is 1.30. The predicted octanol–water partition coefficient (Wildman–Crippen LogP) is 3.44. The molecule has 2 rings (SSSR count). The van der Waals surface area contributed by atoms with Gasteiger partial charge in [0.2, 0.25) is 0 Å². The van der Waals surface area contributed by atoms with Crippen molar-refractivity contribution in [2.75, 3.05) is 0 Å². The molecule has 2 aromatic rings. The van der Waals surface area contributed by atoms with Crippen LogP contribution in [0, 0.1) is 0 Å². The van der Waals surface area contributed by atoms with Gasteiger partial charge in [0.05, 0.1) is 0 Å². The molecular formula is C12H11N3O. The van der Waals surface area contributed by atoms with Gasteiger partial charge in [-0.1, -0.05) is 35.6 Å². The number of benzene rings is 2. The number of para-hydroxylation sites is 2. The molecule has 0 saturated carbocycles. The smallest absolute Gasteiger partial charge is 0.154 e. The van der Waals surface area contributed by atoms with E-state index in [0.717, 1.165) is 5.75 Å². The second-order valence-corrected chi connectivity index (χ2v) is 3.10. The molecule has 0 fully saturated rings. The van der Waals surface area contributed by atoms with E-state index in [0.29, 0.717) is 11.4 Å². The molecule has 4 heteroatoms. The maximum atomic E-state index is 5.65. The minimum absolute atomic E-state index is 0.605. The lowest BCUT2D eigenvalue weighted by atomic mass is 10.3. The second kappa shape index (κ2) is 4.93. The molecule has 0 aliphatic rings.